The summed E-state index contributed by atoms with van der Waals surface area (Å²) < 4.78 is 14.2. The van der Waals surface area contributed by atoms with Gasteiger partial charge in [0, 0.05) is 36.7 Å². The first-order valence-electron chi connectivity index (χ1n) is 6.94. The first kappa shape index (κ1) is 14.9. The molecule has 0 aromatic heterocycles. The number of nitrogens with one attached hydrogen (secondary N) is 1. The maximum atomic E-state index is 13.4. The Labute approximate surface area is 123 Å². The highest BCUT2D eigenvalue weighted by atomic mass is 79.9. The highest BCUT2D eigenvalue weighted by Crippen LogP contribution is 2.20. The zero-order valence-corrected chi connectivity index (χ0v) is 13.2. The fourth-order valence-electron chi connectivity index (χ4n) is 2.72. The van der Waals surface area contributed by atoms with E-state index in [0.29, 0.717) is 12.0 Å². The molecule has 1 unspecified atom stereocenters. The van der Waals surface area contributed by atoms with Gasteiger partial charge in [-0.2, -0.15) is 0 Å². The van der Waals surface area contributed by atoms with Crippen molar-refractivity contribution < 1.29 is 4.39 Å². The third-order valence-electron chi connectivity index (χ3n) is 3.52. The van der Waals surface area contributed by atoms with E-state index in [9.17, 15) is 4.39 Å². The van der Waals surface area contributed by atoms with Crippen molar-refractivity contribution in [3.63, 3.8) is 0 Å². The van der Waals surface area contributed by atoms with Crippen molar-refractivity contribution in [2.45, 2.75) is 32.9 Å². The van der Waals surface area contributed by atoms with E-state index in [1.807, 2.05) is 6.07 Å². The van der Waals surface area contributed by atoms with Gasteiger partial charge in [-0.05, 0) is 36.1 Å². The molecule has 4 heteroatoms. The molecule has 0 saturated carbocycles. The van der Waals surface area contributed by atoms with Gasteiger partial charge in [0.05, 0.1) is 0 Å². The van der Waals surface area contributed by atoms with E-state index in [1.165, 1.54) is 12.5 Å². The molecule has 19 heavy (non-hydrogen) atoms. The highest BCUT2D eigenvalue weighted by molar-refractivity contribution is 9.10. The van der Waals surface area contributed by atoms with Gasteiger partial charge >= 0.3 is 0 Å². The molecule has 0 spiro atoms. The Morgan fingerprint density at radius 1 is 1.42 bits per heavy atom. The summed E-state index contributed by atoms with van der Waals surface area (Å²) in [5, 5.41) is 3.45. The summed E-state index contributed by atoms with van der Waals surface area (Å²) in [6.07, 6.45) is 1.18. The van der Waals surface area contributed by atoms with Crippen molar-refractivity contribution in [3.05, 3.63) is 34.1 Å². The molecule has 2 rings (SSSR count). The zero-order chi connectivity index (χ0) is 13.8. The van der Waals surface area contributed by atoms with Crippen LogP contribution in [0.4, 0.5) is 4.39 Å². The normalized spacial score (nSPS) is 21.0. The topological polar surface area (TPSA) is 15.3 Å². The molecule has 1 fully saturated rings. The van der Waals surface area contributed by atoms with Gasteiger partial charge in [-0.25, -0.2) is 4.39 Å². The van der Waals surface area contributed by atoms with E-state index in [0.717, 1.165) is 36.2 Å². The van der Waals surface area contributed by atoms with E-state index in [1.54, 1.807) is 6.07 Å². The number of hydrogen-bond acceptors (Lipinski definition) is 2. The van der Waals surface area contributed by atoms with Crippen LogP contribution in [0.5, 0.6) is 0 Å². The molecule has 1 heterocycles. The molecular weight excluding hydrogens is 307 g/mol. The summed E-state index contributed by atoms with van der Waals surface area (Å²) in [5.41, 5.74) is 1.04. The summed E-state index contributed by atoms with van der Waals surface area (Å²) in [5.74, 6) is 0.520. The molecule has 2 nitrogen and oxygen atoms in total. The largest absolute Gasteiger partial charge is 0.314 e. The lowest BCUT2D eigenvalue weighted by Crippen LogP contribution is -2.51. The molecule has 0 aliphatic carbocycles. The number of benzene rings is 1. The van der Waals surface area contributed by atoms with Crippen molar-refractivity contribution in [3.8, 4) is 0 Å². The second-order valence-corrected chi connectivity index (χ2v) is 6.65. The van der Waals surface area contributed by atoms with Crippen molar-refractivity contribution in [1.29, 1.82) is 0 Å². The van der Waals surface area contributed by atoms with Gasteiger partial charge < -0.3 is 5.32 Å². The number of hydrogen-bond donors (Lipinski definition) is 1. The van der Waals surface area contributed by atoms with Crippen LogP contribution >= 0.6 is 15.9 Å². The molecule has 1 atom stereocenters. The Bertz CT molecular complexity index is 402. The van der Waals surface area contributed by atoms with Gasteiger partial charge in [0.1, 0.15) is 5.82 Å². The number of halogens is 2. The van der Waals surface area contributed by atoms with Crippen LogP contribution in [0.25, 0.3) is 0 Å². The van der Waals surface area contributed by atoms with Crippen LogP contribution in [0.1, 0.15) is 25.8 Å². The minimum absolute atomic E-state index is 0.167. The molecule has 1 saturated heterocycles. The molecule has 0 bridgehead atoms. The van der Waals surface area contributed by atoms with Crippen LogP contribution in [-0.4, -0.2) is 30.6 Å². The van der Waals surface area contributed by atoms with Crippen molar-refractivity contribution in [1.82, 2.24) is 10.2 Å². The predicted octanol–water partition coefficient (Wildman–Crippen LogP) is 3.41. The standard InChI is InChI=1S/C15H22BrFN2/c1-11(2)5-15-9-18-3-4-19(15)10-12-6-13(16)8-14(17)7-12/h6-8,11,15,18H,3-5,9-10H2,1-2H3. The molecular formula is C15H22BrFN2. The Morgan fingerprint density at radius 3 is 2.89 bits per heavy atom. The van der Waals surface area contributed by atoms with Crippen LogP contribution in [0, 0.1) is 11.7 Å². The van der Waals surface area contributed by atoms with Gasteiger partial charge in [0.15, 0.2) is 0 Å². The van der Waals surface area contributed by atoms with E-state index in [-0.39, 0.29) is 5.82 Å². The fourth-order valence-corrected chi connectivity index (χ4v) is 3.24. The van der Waals surface area contributed by atoms with E-state index >= 15 is 0 Å². The molecule has 106 valence electrons. The van der Waals surface area contributed by atoms with Gasteiger partial charge in [0.2, 0.25) is 0 Å². The van der Waals surface area contributed by atoms with E-state index in [4.69, 9.17) is 0 Å². The van der Waals surface area contributed by atoms with Gasteiger partial charge in [-0.15, -0.1) is 0 Å². The third kappa shape index (κ3) is 4.55. The van der Waals surface area contributed by atoms with Crippen molar-refractivity contribution >= 4 is 15.9 Å². The van der Waals surface area contributed by atoms with Crippen LogP contribution in [0.3, 0.4) is 0 Å². The van der Waals surface area contributed by atoms with Crippen molar-refractivity contribution in [2.24, 2.45) is 5.92 Å². The summed E-state index contributed by atoms with van der Waals surface area (Å²) in [6, 6.07) is 5.71. The molecule has 1 aromatic carbocycles. The second-order valence-electron chi connectivity index (χ2n) is 5.74. The molecule has 1 aliphatic heterocycles. The average molecular weight is 329 g/mol. The maximum absolute atomic E-state index is 13.4. The quantitative estimate of drug-likeness (QED) is 0.911. The lowest BCUT2D eigenvalue weighted by Gasteiger charge is -2.37. The zero-order valence-electron chi connectivity index (χ0n) is 11.6. The maximum Gasteiger partial charge on any atom is 0.124 e. The molecule has 0 amide bonds. The summed E-state index contributed by atoms with van der Waals surface area (Å²) >= 11 is 3.36. The Hall–Kier alpha value is -0.450. The van der Waals surface area contributed by atoms with Crippen LogP contribution in [0.2, 0.25) is 0 Å². The fraction of sp³-hybridized carbons (Fsp3) is 0.600. The Kier molecular flexibility index (Phi) is 5.37. The lowest BCUT2D eigenvalue weighted by atomic mass is 10.00. The van der Waals surface area contributed by atoms with Crippen LogP contribution in [0.15, 0.2) is 22.7 Å². The van der Waals surface area contributed by atoms with Crippen molar-refractivity contribution in [2.75, 3.05) is 19.6 Å². The number of nitrogens with zero attached hydrogens (tertiary/aromatic N) is 1. The lowest BCUT2D eigenvalue weighted by molar-refractivity contribution is 0.134. The minimum atomic E-state index is -0.167. The third-order valence-corrected chi connectivity index (χ3v) is 3.98. The Morgan fingerprint density at radius 2 is 2.21 bits per heavy atom. The number of piperazine rings is 1. The molecule has 1 aromatic rings. The smallest absolute Gasteiger partial charge is 0.124 e. The average Bonchev–Trinajstić information content (AvgIpc) is 2.29. The van der Waals surface area contributed by atoms with Gasteiger partial charge in [-0.1, -0.05) is 29.8 Å². The molecule has 0 radical (unpaired) electrons. The first-order chi connectivity index (χ1) is 9.04. The van der Waals surface area contributed by atoms with Crippen LogP contribution < -0.4 is 5.32 Å². The summed E-state index contributed by atoms with van der Waals surface area (Å²) in [4.78, 5) is 2.47. The van der Waals surface area contributed by atoms with Gasteiger partial charge in [-0.3, -0.25) is 4.90 Å². The highest BCUT2D eigenvalue weighted by Gasteiger charge is 2.23. The monoisotopic (exact) mass is 328 g/mol. The molecule has 1 aliphatic rings. The predicted molar refractivity (Wildman–Crippen MR) is 80.6 cm³/mol. The van der Waals surface area contributed by atoms with Gasteiger partial charge in [0.25, 0.3) is 0 Å². The van der Waals surface area contributed by atoms with E-state index < -0.39 is 0 Å². The Balaban J connectivity index is 2.06. The SMILES string of the molecule is CC(C)CC1CNCCN1Cc1cc(F)cc(Br)c1. The second kappa shape index (κ2) is 6.82. The summed E-state index contributed by atoms with van der Waals surface area (Å²) in [7, 11) is 0. The first-order valence-corrected chi connectivity index (χ1v) is 7.73. The molecule has 1 N–H and O–H groups in total. The van der Waals surface area contributed by atoms with E-state index in [2.05, 4.69) is 40.0 Å². The summed E-state index contributed by atoms with van der Waals surface area (Å²) in [6.45, 7) is 8.43. The minimum Gasteiger partial charge on any atom is -0.314 e. The van der Waals surface area contributed by atoms with Crippen LogP contribution in [-0.2, 0) is 6.54 Å². The number of rotatable bonds is 4.